The second-order valence-corrected chi connectivity index (χ2v) is 8.82. The Bertz CT molecular complexity index is 1470. The van der Waals surface area contributed by atoms with Crippen LogP contribution in [0.5, 0.6) is 5.75 Å². The van der Waals surface area contributed by atoms with E-state index in [9.17, 15) is 18.5 Å². The first-order chi connectivity index (χ1) is 15.7. The maximum Gasteiger partial charge on any atom is 0.270 e. The number of nitro benzene ring substituents is 1. The molecule has 4 rings (SSSR count). The van der Waals surface area contributed by atoms with Crippen LogP contribution in [0.15, 0.2) is 71.6 Å². The molecule has 1 heterocycles. The highest BCUT2D eigenvalue weighted by Gasteiger charge is 2.21. The van der Waals surface area contributed by atoms with Gasteiger partial charge in [-0.15, -0.1) is 0 Å². The number of hydrogen-bond acceptors (Lipinski definition) is 8. The van der Waals surface area contributed by atoms with Crippen LogP contribution in [0, 0.1) is 17.0 Å². The Morgan fingerprint density at radius 1 is 0.939 bits per heavy atom. The Balaban J connectivity index is 1.79. The highest BCUT2D eigenvalue weighted by Crippen LogP contribution is 2.29. The van der Waals surface area contributed by atoms with Crippen LogP contribution in [-0.4, -0.2) is 30.4 Å². The van der Waals surface area contributed by atoms with Crippen molar-refractivity contribution >= 4 is 44.1 Å². The molecular weight excluding hydrogens is 446 g/mol. The molecule has 1 aromatic heterocycles. The summed E-state index contributed by atoms with van der Waals surface area (Å²) in [4.78, 5) is 19.1. The topological polar surface area (TPSA) is 136 Å². The third kappa shape index (κ3) is 4.83. The molecule has 33 heavy (non-hydrogen) atoms. The number of nitrogens with one attached hydrogen (secondary N) is 2. The third-order valence-electron chi connectivity index (χ3n) is 4.69. The Morgan fingerprint density at radius 2 is 1.64 bits per heavy atom. The van der Waals surface area contributed by atoms with E-state index in [0.29, 0.717) is 22.5 Å². The lowest BCUT2D eigenvalue weighted by Gasteiger charge is -2.15. The van der Waals surface area contributed by atoms with E-state index < -0.39 is 14.9 Å². The van der Waals surface area contributed by atoms with Gasteiger partial charge in [0.15, 0.2) is 11.6 Å². The average molecular weight is 465 g/mol. The number of fused-ring (bicyclic) bond motifs is 1. The summed E-state index contributed by atoms with van der Waals surface area (Å²) >= 11 is 0. The summed E-state index contributed by atoms with van der Waals surface area (Å²) < 4.78 is 33.8. The van der Waals surface area contributed by atoms with Crippen LogP contribution in [-0.2, 0) is 10.0 Å². The molecule has 4 aromatic rings. The minimum absolute atomic E-state index is 0.0549. The number of non-ortho nitro benzene ring substituents is 1. The van der Waals surface area contributed by atoms with Gasteiger partial charge in [0.05, 0.1) is 28.0 Å². The van der Waals surface area contributed by atoms with E-state index in [2.05, 4.69) is 20.0 Å². The predicted octanol–water partition coefficient (Wildman–Crippen LogP) is 4.40. The number of aromatic nitrogens is 2. The number of methoxy groups -OCH3 is 1. The third-order valence-corrected chi connectivity index (χ3v) is 6.03. The van der Waals surface area contributed by atoms with Crippen molar-refractivity contribution in [3.8, 4) is 5.75 Å². The molecule has 0 radical (unpaired) electrons. The van der Waals surface area contributed by atoms with Gasteiger partial charge in [-0.1, -0.05) is 18.2 Å². The fourth-order valence-electron chi connectivity index (χ4n) is 3.18. The number of nitro groups is 1. The molecule has 0 amide bonds. The molecule has 0 aliphatic carbocycles. The molecule has 0 aliphatic heterocycles. The minimum Gasteiger partial charge on any atom is -0.497 e. The SMILES string of the molecule is COc1cc(C)cc(Nc2nc3ccccc3nc2NS(=O)(=O)c2cccc([N+](=O)[O-])c2)c1. The zero-order chi connectivity index (χ0) is 23.6. The number of sulfonamides is 1. The number of para-hydroxylation sites is 2. The van der Waals surface area contributed by atoms with Crippen molar-refractivity contribution in [3.63, 3.8) is 0 Å². The van der Waals surface area contributed by atoms with Crippen LogP contribution in [0.4, 0.5) is 23.0 Å². The molecule has 11 heteroatoms. The fraction of sp³-hybridized carbons (Fsp3) is 0.0909. The molecule has 0 bridgehead atoms. The van der Waals surface area contributed by atoms with Crippen molar-refractivity contribution in [2.45, 2.75) is 11.8 Å². The van der Waals surface area contributed by atoms with Gasteiger partial charge in [-0.2, -0.15) is 0 Å². The number of ether oxygens (including phenoxy) is 1. The quantitative estimate of drug-likeness (QED) is 0.303. The Hall–Kier alpha value is -4.25. The summed E-state index contributed by atoms with van der Waals surface area (Å²) in [7, 11) is -2.65. The van der Waals surface area contributed by atoms with Crippen molar-refractivity contribution in [1.29, 1.82) is 0 Å². The van der Waals surface area contributed by atoms with E-state index in [1.165, 1.54) is 18.2 Å². The van der Waals surface area contributed by atoms with Gasteiger partial charge in [0.1, 0.15) is 5.75 Å². The molecule has 0 saturated heterocycles. The second kappa shape index (κ2) is 8.71. The molecule has 0 aliphatic rings. The van der Waals surface area contributed by atoms with Crippen molar-refractivity contribution in [2.75, 3.05) is 17.1 Å². The van der Waals surface area contributed by atoms with Crippen molar-refractivity contribution in [3.05, 3.63) is 82.4 Å². The molecule has 168 valence electrons. The van der Waals surface area contributed by atoms with Crippen molar-refractivity contribution in [1.82, 2.24) is 9.97 Å². The predicted molar refractivity (Wildman–Crippen MR) is 124 cm³/mol. The first kappa shape index (κ1) is 22.0. The van der Waals surface area contributed by atoms with Crippen LogP contribution in [0.25, 0.3) is 11.0 Å². The summed E-state index contributed by atoms with van der Waals surface area (Å²) in [6.07, 6.45) is 0. The van der Waals surface area contributed by atoms with Gasteiger partial charge in [0.25, 0.3) is 15.7 Å². The lowest BCUT2D eigenvalue weighted by molar-refractivity contribution is -0.385. The number of hydrogen-bond donors (Lipinski definition) is 2. The van der Waals surface area contributed by atoms with Crippen LogP contribution in [0.2, 0.25) is 0 Å². The molecule has 3 aromatic carbocycles. The van der Waals surface area contributed by atoms with Gasteiger partial charge in [-0.3, -0.25) is 14.8 Å². The van der Waals surface area contributed by atoms with Crippen LogP contribution in [0.1, 0.15) is 5.56 Å². The van der Waals surface area contributed by atoms with Gasteiger partial charge in [0, 0.05) is 23.9 Å². The lowest BCUT2D eigenvalue weighted by Crippen LogP contribution is -2.16. The van der Waals surface area contributed by atoms with E-state index in [4.69, 9.17) is 4.74 Å². The molecule has 0 fully saturated rings. The van der Waals surface area contributed by atoms with Gasteiger partial charge in [-0.25, -0.2) is 18.4 Å². The van der Waals surface area contributed by atoms with E-state index in [0.717, 1.165) is 11.6 Å². The smallest absolute Gasteiger partial charge is 0.270 e. The van der Waals surface area contributed by atoms with Crippen LogP contribution >= 0.6 is 0 Å². The first-order valence-corrected chi connectivity index (χ1v) is 11.2. The molecule has 0 saturated carbocycles. The average Bonchev–Trinajstić information content (AvgIpc) is 2.79. The number of nitrogens with zero attached hydrogens (tertiary/aromatic N) is 3. The lowest BCUT2D eigenvalue weighted by atomic mass is 10.2. The standard InChI is InChI=1S/C22H19N5O5S/c1-14-10-15(12-17(11-14)32-2)23-21-22(25-20-9-4-3-8-19(20)24-21)26-33(30,31)18-7-5-6-16(13-18)27(28)29/h3-13H,1-2H3,(H,23,24)(H,25,26). The molecule has 0 spiro atoms. The Morgan fingerprint density at radius 3 is 2.30 bits per heavy atom. The van der Waals surface area contributed by atoms with Crippen LogP contribution in [0.3, 0.4) is 0 Å². The first-order valence-electron chi connectivity index (χ1n) is 9.72. The molecule has 2 N–H and O–H groups in total. The van der Waals surface area contributed by atoms with E-state index >= 15 is 0 Å². The van der Waals surface area contributed by atoms with E-state index in [1.807, 2.05) is 19.1 Å². The highest BCUT2D eigenvalue weighted by atomic mass is 32.2. The van der Waals surface area contributed by atoms with Gasteiger partial charge in [0.2, 0.25) is 0 Å². The van der Waals surface area contributed by atoms with Gasteiger partial charge < -0.3 is 10.1 Å². The maximum absolute atomic E-state index is 13.0. The van der Waals surface area contributed by atoms with Crippen molar-refractivity contribution in [2.24, 2.45) is 0 Å². The molecule has 10 nitrogen and oxygen atoms in total. The second-order valence-electron chi connectivity index (χ2n) is 7.13. The maximum atomic E-state index is 13.0. The summed E-state index contributed by atoms with van der Waals surface area (Å²) in [6, 6.07) is 17.2. The van der Waals surface area contributed by atoms with Crippen molar-refractivity contribution < 1.29 is 18.1 Å². The van der Waals surface area contributed by atoms with Crippen LogP contribution < -0.4 is 14.8 Å². The minimum atomic E-state index is -4.20. The fourth-order valence-corrected chi connectivity index (χ4v) is 4.23. The summed E-state index contributed by atoms with van der Waals surface area (Å²) in [5.41, 5.74) is 2.23. The Kier molecular flexibility index (Phi) is 5.80. The number of rotatable bonds is 7. The molecule has 0 atom stereocenters. The normalized spacial score (nSPS) is 11.2. The molecule has 0 unspecified atom stereocenters. The van der Waals surface area contributed by atoms with Gasteiger partial charge in [-0.05, 0) is 42.8 Å². The largest absolute Gasteiger partial charge is 0.497 e. The number of anilines is 3. The molecular formula is C22H19N5O5S. The number of benzene rings is 3. The zero-order valence-corrected chi connectivity index (χ0v) is 18.5. The monoisotopic (exact) mass is 465 g/mol. The Labute approximate surface area is 189 Å². The summed E-state index contributed by atoms with van der Waals surface area (Å²) in [5.74, 6) is 0.723. The van der Waals surface area contributed by atoms with Gasteiger partial charge >= 0.3 is 0 Å². The summed E-state index contributed by atoms with van der Waals surface area (Å²) in [5, 5.41) is 14.2. The summed E-state index contributed by atoms with van der Waals surface area (Å²) in [6.45, 7) is 1.89. The van der Waals surface area contributed by atoms with E-state index in [1.54, 1.807) is 37.4 Å². The highest BCUT2D eigenvalue weighted by molar-refractivity contribution is 7.92. The zero-order valence-electron chi connectivity index (χ0n) is 17.6. The van der Waals surface area contributed by atoms with E-state index in [-0.39, 0.29) is 22.2 Å². The number of aryl methyl sites for hydroxylation is 1.